The highest BCUT2D eigenvalue weighted by atomic mass is 15.6. The van der Waals surface area contributed by atoms with Gasteiger partial charge in [-0.3, -0.25) is 5.01 Å². The Morgan fingerprint density at radius 3 is 2.89 bits per heavy atom. The maximum absolute atomic E-state index is 4.61. The standard InChI is InChI=1S/C15H27N3/c1-5-8-17-10-16-18(11-17)15-9-13(4)6-7-14(15)12(2)3/h5,10,12-15H,1,6-9,11H2,2-4H3/t13-,14+,15-/m1/s1. The third-order valence-electron chi connectivity index (χ3n) is 4.42. The first-order chi connectivity index (χ1) is 8.61. The van der Waals surface area contributed by atoms with E-state index in [-0.39, 0.29) is 0 Å². The zero-order valence-corrected chi connectivity index (χ0v) is 12.0. The van der Waals surface area contributed by atoms with E-state index >= 15 is 0 Å². The normalized spacial score (nSPS) is 32.3. The fourth-order valence-corrected chi connectivity index (χ4v) is 3.35. The third-order valence-corrected chi connectivity index (χ3v) is 4.42. The second-order valence-corrected chi connectivity index (χ2v) is 6.27. The highest BCUT2D eigenvalue weighted by Crippen LogP contribution is 2.37. The molecule has 0 bridgehead atoms. The molecule has 0 amide bonds. The first-order valence-corrected chi connectivity index (χ1v) is 7.27. The number of hydrazone groups is 1. The van der Waals surface area contributed by atoms with Gasteiger partial charge in [0.05, 0.1) is 6.04 Å². The van der Waals surface area contributed by atoms with E-state index in [9.17, 15) is 0 Å². The minimum absolute atomic E-state index is 0.625. The Kier molecular flexibility index (Phi) is 4.31. The molecule has 3 nitrogen and oxygen atoms in total. The lowest BCUT2D eigenvalue weighted by molar-refractivity contribution is 0.0529. The van der Waals surface area contributed by atoms with Crippen LogP contribution in [0.4, 0.5) is 0 Å². The van der Waals surface area contributed by atoms with E-state index in [1.165, 1.54) is 19.3 Å². The van der Waals surface area contributed by atoms with Gasteiger partial charge in [0.1, 0.15) is 13.0 Å². The Morgan fingerprint density at radius 2 is 2.22 bits per heavy atom. The molecule has 3 heteroatoms. The molecular formula is C15H27N3. The molecule has 18 heavy (non-hydrogen) atoms. The van der Waals surface area contributed by atoms with Crippen molar-refractivity contribution in [3.63, 3.8) is 0 Å². The van der Waals surface area contributed by atoms with E-state index in [2.05, 4.69) is 42.4 Å². The van der Waals surface area contributed by atoms with Crippen LogP contribution in [0, 0.1) is 17.8 Å². The summed E-state index contributed by atoms with van der Waals surface area (Å²) >= 11 is 0. The van der Waals surface area contributed by atoms with Crippen molar-refractivity contribution >= 4 is 6.34 Å². The summed E-state index contributed by atoms with van der Waals surface area (Å²) in [6.45, 7) is 12.7. The van der Waals surface area contributed by atoms with Gasteiger partial charge >= 0.3 is 0 Å². The lowest BCUT2D eigenvalue weighted by atomic mass is 9.74. The van der Waals surface area contributed by atoms with Gasteiger partial charge in [0.2, 0.25) is 0 Å². The number of hydrogen-bond acceptors (Lipinski definition) is 3. The molecule has 1 heterocycles. The van der Waals surface area contributed by atoms with Crippen molar-refractivity contribution in [3.05, 3.63) is 12.7 Å². The topological polar surface area (TPSA) is 18.8 Å². The lowest BCUT2D eigenvalue weighted by Crippen LogP contribution is -2.44. The summed E-state index contributed by atoms with van der Waals surface area (Å²) in [4.78, 5) is 2.23. The second-order valence-electron chi connectivity index (χ2n) is 6.27. The highest BCUT2D eigenvalue weighted by molar-refractivity contribution is 5.56. The molecule has 1 saturated carbocycles. The van der Waals surface area contributed by atoms with Crippen LogP contribution in [0.2, 0.25) is 0 Å². The Balaban J connectivity index is 2.01. The van der Waals surface area contributed by atoms with Crippen molar-refractivity contribution in [3.8, 4) is 0 Å². The number of hydrogen-bond donors (Lipinski definition) is 0. The van der Waals surface area contributed by atoms with Crippen LogP contribution >= 0.6 is 0 Å². The van der Waals surface area contributed by atoms with Crippen LogP contribution in [0.25, 0.3) is 0 Å². The monoisotopic (exact) mass is 249 g/mol. The molecule has 0 unspecified atom stereocenters. The molecule has 2 aliphatic rings. The molecule has 1 fully saturated rings. The Morgan fingerprint density at radius 1 is 1.44 bits per heavy atom. The molecule has 0 N–H and O–H groups in total. The highest BCUT2D eigenvalue weighted by Gasteiger charge is 2.35. The molecule has 0 aromatic carbocycles. The van der Waals surface area contributed by atoms with Crippen LogP contribution in [0.5, 0.6) is 0 Å². The largest absolute Gasteiger partial charge is 0.338 e. The fourth-order valence-electron chi connectivity index (χ4n) is 3.35. The Bertz CT molecular complexity index is 311. The molecule has 1 aliphatic carbocycles. The van der Waals surface area contributed by atoms with Gasteiger partial charge in [-0.05, 0) is 30.6 Å². The van der Waals surface area contributed by atoms with E-state index < -0.39 is 0 Å². The van der Waals surface area contributed by atoms with Gasteiger partial charge in [0.25, 0.3) is 0 Å². The predicted molar refractivity (Wildman–Crippen MR) is 77.2 cm³/mol. The van der Waals surface area contributed by atoms with E-state index in [1.54, 1.807) is 0 Å². The number of nitrogens with zero attached hydrogens (tertiary/aromatic N) is 3. The molecule has 1 aliphatic heterocycles. The van der Waals surface area contributed by atoms with Crippen molar-refractivity contribution in [1.29, 1.82) is 0 Å². The smallest absolute Gasteiger partial charge is 0.113 e. The van der Waals surface area contributed by atoms with Crippen molar-refractivity contribution in [1.82, 2.24) is 9.91 Å². The summed E-state index contributed by atoms with van der Waals surface area (Å²) in [5.41, 5.74) is 0. The zero-order valence-electron chi connectivity index (χ0n) is 12.0. The first-order valence-electron chi connectivity index (χ1n) is 7.27. The summed E-state index contributed by atoms with van der Waals surface area (Å²) in [5.74, 6) is 2.39. The average Bonchev–Trinajstić information content (AvgIpc) is 2.77. The maximum atomic E-state index is 4.61. The number of rotatable bonds is 4. The summed E-state index contributed by atoms with van der Waals surface area (Å²) in [6.07, 6.45) is 7.95. The maximum Gasteiger partial charge on any atom is 0.113 e. The van der Waals surface area contributed by atoms with Crippen LogP contribution in [-0.4, -0.2) is 35.5 Å². The average molecular weight is 249 g/mol. The van der Waals surface area contributed by atoms with Gasteiger partial charge in [-0.2, -0.15) is 5.10 Å². The van der Waals surface area contributed by atoms with Crippen LogP contribution in [-0.2, 0) is 0 Å². The van der Waals surface area contributed by atoms with E-state index in [4.69, 9.17) is 0 Å². The van der Waals surface area contributed by atoms with Gasteiger partial charge in [-0.25, -0.2) is 0 Å². The molecular weight excluding hydrogens is 222 g/mol. The third kappa shape index (κ3) is 2.88. The fraction of sp³-hybridized carbons (Fsp3) is 0.800. The van der Waals surface area contributed by atoms with Crippen molar-refractivity contribution in [2.45, 2.75) is 46.1 Å². The summed E-state index contributed by atoms with van der Waals surface area (Å²) in [5, 5.41) is 6.92. The zero-order chi connectivity index (χ0) is 13.1. The minimum Gasteiger partial charge on any atom is -0.338 e. The second kappa shape index (κ2) is 5.77. The van der Waals surface area contributed by atoms with Crippen LogP contribution in [0.1, 0.15) is 40.0 Å². The molecule has 0 radical (unpaired) electrons. The SMILES string of the molecule is C=CCN1C=NN([C@@H]2C[C@H](C)CC[C@H]2C(C)C)C1. The molecule has 102 valence electrons. The van der Waals surface area contributed by atoms with Gasteiger partial charge in [0, 0.05) is 6.54 Å². The van der Waals surface area contributed by atoms with E-state index in [1.807, 2.05) is 12.4 Å². The molecule has 0 aromatic rings. The lowest BCUT2D eigenvalue weighted by Gasteiger charge is -2.41. The summed E-state index contributed by atoms with van der Waals surface area (Å²) in [7, 11) is 0. The van der Waals surface area contributed by atoms with E-state index in [0.29, 0.717) is 6.04 Å². The minimum atomic E-state index is 0.625. The molecule has 0 aromatic heterocycles. The molecule has 3 atom stereocenters. The van der Waals surface area contributed by atoms with Crippen LogP contribution in [0.15, 0.2) is 17.8 Å². The van der Waals surface area contributed by atoms with Crippen molar-refractivity contribution in [2.75, 3.05) is 13.2 Å². The van der Waals surface area contributed by atoms with Gasteiger partial charge in [0.15, 0.2) is 0 Å². The Hall–Kier alpha value is -0.990. The van der Waals surface area contributed by atoms with Gasteiger partial charge in [-0.1, -0.05) is 33.3 Å². The first kappa shape index (κ1) is 13.4. The van der Waals surface area contributed by atoms with Gasteiger partial charge in [-0.15, -0.1) is 6.58 Å². The van der Waals surface area contributed by atoms with Crippen LogP contribution in [0.3, 0.4) is 0 Å². The molecule has 2 rings (SSSR count). The summed E-state index contributed by atoms with van der Waals surface area (Å²) < 4.78 is 0. The molecule has 0 saturated heterocycles. The summed E-state index contributed by atoms with van der Waals surface area (Å²) in [6, 6.07) is 0.625. The van der Waals surface area contributed by atoms with Crippen LogP contribution < -0.4 is 0 Å². The quantitative estimate of drug-likeness (QED) is 0.713. The Labute approximate surface area is 112 Å². The molecule has 0 spiro atoms. The van der Waals surface area contributed by atoms with E-state index in [0.717, 1.165) is 31.0 Å². The van der Waals surface area contributed by atoms with Gasteiger partial charge < -0.3 is 4.90 Å². The predicted octanol–water partition coefficient (Wildman–Crippen LogP) is 3.15. The van der Waals surface area contributed by atoms with Crippen molar-refractivity contribution < 1.29 is 0 Å². The van der Waals surface area contributed by atoms with Crippen molar-refractivity contribution in [2.24, 2.45) is 22.9 Å².